The van der Waals surface area contributed by atoms with Crippen LogP contribution in [-0.4, -0.2) is 35.9 Å². The number of alkyl halides is 1. The van der Waals surface area contributed by atoms with Gasteiger partial charge in [0.15, 0.2) is 0 Å². The Bertz CT molecular complexity index is 299. The second kappa shape index (κ2) is 6.21. The highest BCUT2D eigenvalue weighted by molar-refractivity contribution is 5.68. The van der Waals surface area contributed by atoms with E-state index in [9.17, 15) is 9.18 Å². The number of nitrogens with zero attached hydrogens (tertiary/aromatic N) is 1. The van der Waals surface area contributed by atoms with E-state index >= 15 is 0 Å². The van der Waals surface area contributed by atoms with Gasteiger partial charge < -0.3 is 9.64 Å². The molecule has 1 aliphatic rings. The lowest BCUT2D eigenvalue weighted by Gasteiger charge is -2.24. The number of halogens is 1. The highest BCUT2D eigenvalue weighted by Gasteiger charge is 2.33. The number of carbonyl (C=O) groups excluding carboxylic acids is 1. The average Bonchev–Trinajstić information content (AvgIpc) is 2.72. The number of rotatable bonds is 4. The quantitative estimate of drug-likeness (QED) is 0.721. The summed E-state index contributed by atoms with van der Waals surface area (Å²) in [5, 5.41) is 0. The fraction of sp³-hybridized carbons (Fsp3) is 0.786. The molecule has 1 saturated heterocycles. The maximum atomic E-state index is 13.8. The van der Waals surface area contributed by atoms with Crippen LogP contribution in [0.25, 0.3) is 0 Å². The van der Waals surface area contributed by atoms with Crippen LogP contribution in [0.4, 0.5) is 9.18 Å². The van der Waals surface area contributed by atoms with Crippen molar-refractivity contribution in [2.45, 2.75) is 51.8 Å². The van der Waals surface area contributed by atoms with E-state index in [-0.39, 0.29) is 12.0 Å². The van der Waals surface area contributed by atoms with Crippen molar-refractivity contribution in [2.24, 2.45) is 5.92 Å². The smallest absolute Gasteiger partial charge is 0.410 e. The van der Waals surface area contributed by atoms with E-state index in [0.717, 1.165) is 6.42 Å². The zero-order valence-electron chi connectivity index (χ0n) is 11.6. The normalized spacial score (nSPS) is 21.8. The number of hydrogen-bond acceptors (Lipinski definition) is 2. The van der Waals surface area contributed by atoms with Crippen LogP contribution in [0, 0.1) is 5.92 Å². The van der Waals surface area contributed by atoms with E-state index in [0.29, 0.717) is 25.9 Å². The molecule has 18 heavy (non-hydrogen) atoms. The van der Waals surface area contributed by atoms with Gasteiger partial charge in [-0.2, -0.15) is 0 Å². The molecule has 1 unspecified atom stereocenters. The van der Waals surface area contributed by atoms with Crippen molar-refractivity contribution in [3.8, 4) is 0 Å². The van der Waals surface area contributed by atoms with Crippen molar-refractivity contribution >= 4 is 6.09 Å². The van der Waals surface area contributed by atoms with Crippen molar-refractivity contribution in [1.29, 1.82) is 0 Å². The molecule has 0 spiro atoms. The zero-order valence-corrected chi connectivity index (χ0v) is 11.6. The number of amides is 1. The Kier molecular flexibility index (Phi) is 5.17. The molecular formula is C14H24FNO2. The third kappa shape index (κ3) is 4.67. The molecule has 1 aliphatic heterocycles. The van der Waals surface area contributed by atoms with E-state index in [1.54, 1.807) is 11.0 Å². The van der Waals surface area contributed by atoms with Gasteiger partial charge in [0.2, 0.25) is 0 Å². The molecule has 0 radical (unpaired) electrons. The van der Waals surface area contributed by atoms with Crippen molar-refractivity contribution in [1.82, 2.24) is 4.90 Å². The van der Waals surface area contributed by atoms with E-state index in [2.05, 4.69) is 6.58 Å². The molecule has 4 heteroatoms. The van der Waals surface area contributed by atoms with Crippen LogP contribution in [-0.2, 0) is 4.74 Å². The first-order chi connectivity index (χ1) is 8.33. The van der Waals surface area contributed by atoms with Gasteiger partial charge in [-0.25, -0.2) is 9.18 Å². The minimum absolute atomic E-state index is 0.0579. The number of hydrogen-bond donors (Lipinski definition) is 0. The van der Waals surface area contributed by atoms with Crippen LogP contribution in [0.15, 0.2) is 12.7 Å². The summed E-state index contributed by atoms with van der Waals surface area (Å²) < 4.78 is 19.1. The number of carbonyl (C=O) groups is 1. The molecule has 1 fully saturated rings. The van der Waals surface area contributed by atoms with Gasteiger partial charge in [0.1, 0.15) is 11.8 Å². The Balaban J connectivity index is 2.41. The molecule has 3 nitrogen and oxygen atoms in total. The predicted molar refractivity (Wildman–Crippen MR) is 70.2 cm³/mol. The molecule has 0 aromatic rings. The summed E-state index contributed by atoms with van der Waals surface area (Å²) in [5.74, 6) is -0.0579. The van der Waals surface area contributed by atoms with Gasteiger partial charge in [0, 0.05) is 19.0 Å². The van der Waals surface area contributed by atoms with Crippen molar-refractivity contribution in [2.75, 3.05) is 13.1 Å². The van der Waals surface area contributed by atoms with E-state index in [1.165, 1.54) is 0 Å². The lowest BCUT2D eigenvalue weighted by molar-refractivity contribution is 0.0281. The summed E-state index contributed by atoms with van der Waals surface area (Å²) in [6.07, 6.45) is 2.45. The number of likely N-dealkylation sites (tertiary alicyclic amines) is 1. The van der Waals surface area contributed by atoms with Crippen LogP contribution in [0.2, 0.25) is 0 Å². The molecule has 0 aromatic carbocycles. The summed E-state index contributed by atoms with van der Waals surface area (Å²) in [5.41, 5.74) is -0.493. The van der Waals surface area contributed by atoms with Crippen LogP contribution in [0.1, 0.15) is 40.0 Å². The van der Waals surface area contributed by atoms with Crippen molar-refractivity contribution < 1.29 is 13.9 Å². The Labute approximate surface area is 109 Å². The van der Waals surface area contributed by atoms with E-state index in [4.69, 9.17) is 4.74 Å². The molecule has 1 rings (SSSR count). The largest absolute Gasteiger partial charge is 0.444 e. The van der Waals surface area contributed by atoms with Gasteiger partial charge in [-0.15, -0.1) is 6.58 Å². The van der Waals surface area contributed by atoms with Gasteiger partial charge in [0.05, 0.1) is 0 Å². The standard InChI is InChI=1S/C14H24FNO2/c1-5-6-7-12(15)11-8-9-16(10-11)13(17)18-14(2,3)4/h5,11-12H,1,6-10H2,2-4H3/t11-,12?/m1/s1. The fourth-order valence-electron chi connectivity index (χ4n) is 2.09. The molecule has 0 N–H and O–H groups in total. The summed E-state index contributed by atoms with van der Waals surface area (Å²) in [4.78, 5) is 13.4. The van der Waals surface area contributed by atoms with Crippen LogP contribution >= 0.6 is 0 Å². The van der Waals surface area contributed by atoms with E-state index < -0.39 is 11.8 Å². The minimum Gasteiger partial charge on any atom is -0.444 e. The summed E-state index contributed by atoms with van der Waals surface area (Å²) >= 11 is 0. The summed E-state index contributed by atoms with van der Waals surface area (Å²) in [6.45, 7) is 10.1. The first-order valence-electron chi connectivity index (χ1n) is 6.56. The molecule has 0 aliphatic carbocycles. The topological polar surface area (TPSA) is 29.5 Å². The molecule has 1 amide bonds. The summed E-state index contributed by atoms with van der Waals surface area (Å²) in [6, 6.07) is 0. The first-order valence-corrected chi connectivity index (χ1v) is 6.56. The Morgan fingerprint density at radius 2 is 2.28 bits per heavy atom. The average molecular weight is 257 g/mol. The van der Waals surface area contributed by atoms with Gasteiger partial charge in [-0.1, -0.05) is 6.08 Å². The molecular weight excluding hydrogens is 233 g/mol. The van der Waals surface area contributed by atoms with E-state index in [1.807, 2.05) is 20.8 Å². The second-order valence-corrected chi connectivity index (χ2v) is 5.86. The second-order valence-electron chi connectivity index (χ2n) is 5.86. The number of ether oxygens (including phenoxy) is 1. The highest BCUT2D eigenvalue weighted by atomic mass is 19.1. The molecule has 0 bridgehead atoms. The molecule has 1 heterocycles. The third-order valence-electron chi connectivity index (χ3n) is 3.03. The Morgan fingerprint density at radius 1 is 1.61 bits per heavy atom. The Hall–Kier alpha value is -1.06. The van der Waals surface area contributed by atoms with Gasteiger partial charge in [-0.05, 0) is 40.0 Å². The minimum atomic E-state index is -0.851. The fourth-order valence-corrected chi connectivity index (χ4v) is 2.09. The van der Waals surface area contributed by atoms with Crippen LogP contribution in [0.5, 0.6) is 0 Å². The SMILES string of the molecule is C=CCCC(F)[C@@H]1CCN(C(=O)OC(C)(C)C)C1. The van der Waals surface area contributed by atoms with Gasteiger partial charge >= 0.3 is 6.09 Å². The van der Waals surface area contributed by atoms with Gasteiger partial charge in [-0.3, -0.25) is 0 Å². The van der Waals surface area contributed by atoms with Crippen molar-refractivity contribution in [3.63, 3.8) is 0 Å². The summed E-state index contributed by atoms with van der Waals surface area (Å²) in [7, 11) is 0. The highest BCUT2D eigenvalue weighted by Crippen LogP contribution is 2.26. The maximum Gasteiger partial charge on any atom is 0.410 e. The maximum absolute atomic E-state index is 13.8. The van der Waals surface area contributed by atoms with Crippen LogP contribution in [0.3, 0.4) is 0 Å². The zero-order chi connectivity index (χ0) is 13.8. The number of allylic oxidation sites excluding steroid dienone is 1. The molecule has 104 valence electrons. The molecule has 0 aromatic heterocycles. The van der Waals surface area contributed by atoms with Crippen molar-refractivity contribution in [3.05, 3.63) is 12.7 Å². The Morgan fingerprint density at radius 3 is 2.83 bits per heavy atom. The van der Waals surface area contributed by atoms with Crippen LogP contribution < -0.4 is 0 Å². The van der Waals surface area contributed by atoms with Gasteiger partial charge in [0.25, 0.3) is 0 Å². The predicted octanol–water partition coefficient (Wildman–Crippen LogP) is 3.55. The molecule has 0 saturated carbocycles. The lowest BCUT2D eigenvalue weighted by Crippen LogP contribution is -2.36. The molecule has 2 atom stereocenters. The lowest BCUT2D eigenvalue weighted by atomic mass is 9.99. The third-order valence-corrected chi connectivity index (χ3v) is 3.03. The monoisotopic (exact) mass is 257 g/mol. The first kappa shape index (κ1) is 15.0.